The van der Waals surface area contributed by atoms with E-state index in [9.17, 15) is 9.59 Å². The predicted molar refractivity (Wildman–Crippen MR) is 181 cm³/mol. The second-order valence-corrected chi connectivity index (χ2v) is 12.3. The molecular formula is C40H54O4. The zero-order valence-corrected chi connectivity index (χ0v) is 27.5. The quantitative estimate of drug-likeness (QED) is 0.121. The van der Waals surface area contributed by atoms with Gasteiger partial charge in [0.2, 0.25) is 0 Å². The summed E-state index contributed by atoms with van der Waals surface area (Å²) >= 11 is 0. The molecule has 0 N–H and O–H groups in total. The molecule has 3 rings (SSSR count). The molecule has 0 aliphatic heterocycles. The molecular weight excluding hydrogens is 544 g/mol. The lowest BCUT2D eigenvalue weighted by Crippen LogP contribution is -2.25. The van der Waals surface area contributed by atoms with Crippen LogP contribution in [0, 0.1) is 11.8 Å². The summed E-state index contributed by atoms with van der Waals surface area (Å²) < 4.78 is 12.2. The van der Waals surface area contributed by atoms with Gasteiger partial charge in [0.15, 0.2) is 0 Å². The van der Waals surface area contributed by atoms with Gasteiger partial charge < -0.3 is 9.47 Å². The highest BCUT2D eigenvalue weighted by atomic mass is 16.5. The Morgan fingerprint density at radius 2 is 0.909 bits per heavy atom. The molecule has 0 aromatic heterocycles. The van der Waals surface area contributed by atoms with Crippen molar-refractivity contribution < 1.29 is 19.1 Å². The molecule has 4 nitrogen and oxygen atoms in total. The normalized spacial score (nSPS) is 13.9. The lowest BCUT2D eigenvalue weighted by Gasteiger charge is -2.24. The molecule has 3 aromatic carbocycles. The maximum absolute atomic E-state index is 13.3. The van der Waals surface area contributed by atoms with Crippen LogP contribution < -0.4 is 0 Å². The molecule has 4 atom stereocenters. The number of hydrogen-bond donors (Lipinski definition) is 0. The fourth-order valence-corrected chi connectivity index (χ4v) is 5.99. The van der Waals surface area contributed by atoms with Gasteiger partial charge in [-0.05, 0) is 60.1 Å². The van der Waals surface area contributed by atoms with Crippen molar-refractivity contribution in [3.63, 3.8) is 0 Å². The minimum Gasteiger partial charge on any atom is -0.458 e. The van der Waals surface area contributed by atoms with Crippen molar-refractivity contribution in [1.82, 2.24) is 0 Å². The Balaban J connectivity index is 1.68. The van der Waals surface area contributed by atoms with Gasteiger partial charge in [0.1, 0.15) is 12.2 Å². The molecule has 0 fully saturated rings. The monoisotopic (exact) mass is 598 g/mol. The lowest BCUT2D eigenvalue weighted by molar-refractivity contribution is 0.0221. The third kappa shape index (κ3) is 12.3. The van der Waals surface area contributed by atoms with Gasteiger partial charge in [0.25, 0.3) is 0 Å². The number of rotatable bonds is 20. The summed E-state index contributed by atoms with van der Waals surface area (Å²) in [6.07, 6.45) is 11.8. The van der Waals surface area contributed by atoms with Crippen LogP contribution in [0.15, 0.2) is 84.9 Å². The van der Waals surface area contributed by atoms with E-state index in [-0.39, 0.29) is 24.1 Å². The summed E-state index contributed by atoms with van der Waals surface area (Å²) in [5, 5.41) is 0. The topological polar surface area (TPSA) is 52.6 Å². The summed E-state index contributed by atoms with van der Waals surface area (Å²) in [6, 6.07) is 27.2. The summed E-state index contributed by atoms with van der Waals surface area (Å²) in [5.41, 5.74) is 3.23. The first-order valence-corrected chi connectivity index (χ1v) is 17.0. The smallest absolute Gasteiger partial charge is 0.338 e. The van der Waals surface area contributed by atoms with Crippen LogP contribution in [0.5, 0.6) is 0 Å². The highest BCUT2D eigenvalue weighted by Gasteiger charge is 2.23. The van der Waals surface area contributed by atoms with E-state index in [0.717, 1.165) is 38.5 Å². The van der Waals surface area contributed by atoms with Gasteiger partial charge in [-0.3, -0.25) is 0 Å². The van der Waals surface area contributed by atoms with Crippen molar-refractivity contribution in [1.29, 1.82) is 0 Å². The molecule has 0 amide bonds. The molecule has 3 aromatic rings. The van der Waals surface area contributed by atoms with Crippen molar-refractivity contribution in [2.24, 2.45) is 11.8 Å². The number of carbonyl (C=O) groups is 2. The van der Waals surface area contributed by atoms with Crippen molar-refractivity contribution in [2.75, 3.05) is 0 Å². The maximum atomic E-state index is 13.3. The van der Waals surface area contributed by atoms with Gasteiger partial charge in [-0.2, -0.15) is 0 Å². The zero-order chi connectivity index (χ0) is 31.6. The van der Waals surface area contributed by atoms with Gasteiger partial charge in [0, 0.05) is 12.8 Å². The van der Waals surface area contributed by atoms with E-state index < -0.39 is 0 Å². The average molecular weight is 599 g/mol. The van der Waals surface area contributed by atoms with E-state index in [1.807, 2.05) is 36.4 Å². The fourth-order valence-electron chi connectivity index (χ4n) is 5.99. The molecule has 0 aliphatic carbocycles. The van der Waals surface area contributed by atoms with Crippen LogP contribution in [0.4, 0.5) is 0 Å². The molecule has 44 heavy (non-hydrogen) atoms. The standard InChI is InChI=1S/C40H54O4/c1-5-9-17-31(7-3)27-37(29-33-19-13-11-14-20-33)43-39(41)35-23-25-36(26-24-35)40(42)44-38(28-32(8-4)18-10-6-2)30-34-21-15-12-16-22-34/h11-16,19-26,31-32,37-38H,5-10,17-18,27-30H2,1-4H3. The third-order valence-corrected chi connectivity index (χ3v) is 8.80. The van der Waals surface area contributed by atoms with Crippen LogP contribution in [0.25, 0.3) is 0 Å². The highest BCUT2D eigenvalue weighted by molar-refractivity contribution is 5.93. The van der Waals surface area contributed by atoms with Crippen molar-refractivity contribution in [3.05, 3.63) is 107 Å². The largest absolute Gasteiger partial charge is 0.458 e. The maximum Gasteiger partial charge on any atom is 0.338 e. The fraction of sp³-hybridized carbons (Fsp3) is 0.500. The first-order valence-electron chi connectivity index (χ1n) is 17.0. The number of carbonyl (C=O) groups excluding carboxylic acids is 2. The van der Waals surface area contributed by atoms with Crippen molar-refractivity contribution in [2.45, 2.75) is 117 Å². The van der Waals surface area contributed by atoms with Crippen LogP contribution in [0.1, 0.15) is 124 Å². The van der Waals surface area contributed by atoms with E-state index in [1.54, 1.807) is 24.3 Å². The summed E-state index contributed by atoms with van der Waals surface area (Å²) in [6.45, 7) is 8.87. The number of ether oxygens (including phenoxy) is 2. The van der Waals surface area contributed by atoms with E-state index in [1.165, 1.54) is 36.8 Å². The highest BCUT2D eigenvalue weighted by Crippen LogP contribution is 2.25. The molecule has 0 saturated carbocycles. The van der Waals surface area contributed by atoms with E-state index in [2.05, 4.69) is 52.0 Å². The van der Waals surface area contributed by atoms with E-state index in [4.69, 9.17) is 9.47 Å². The van der Waals surface area contributed by atoms with E-state index >= 15 is 0 Å². The molecule has 0 heterocycles. The number of unbranched alkanes of at least 4 members (excludes halogenated alkanes) is 2. The van der Waals surface area contributed by atoms with Gasteiger partial charge in [-0.25, -0.2) is 9.59 Å². The Labute approximate surface area is 266 Å². The third-order valence-electron chi connectivity index (χ3n) is 8.80. The first-order chi connectivity index (χ1) is 21.4. The Kier molecular flexibility index (Phi) is 15.8. The van der Waals surface area contributed by atoms with Crippen LogP contribution in [0.3, 0.4) is 0 Å². The van der Waals surface area contributed by atoms with Crippen LogP contribution in [-0.4, -0.2) is 24.1 Å². The molecule has 238 valence electrons. The minimum atomic E-state index is -0.347. The van der Waals surface area contributed by atoms with Crippen LogP contribution in [-0.2, 0) is 22.3 Å². The SMILES string of the molecule is CCCCC(CC)CC(Cc1ccccc1)OC(=O)c1ccc(C(=O)OC(Cc2ccccc2)CC(CC)CCCC)cc1. The van der Waals surface area contributed by atoms with Gasteiger partial charge in [0.05, 0.1) is 11.1 Å². The minimum absolute atomic E-state index is 0.200. The predicted octanol–water partition coefficient (Wildman–Crippen LogP) is 10.4. The van der Waals surface area contributed by atoms with Crippen LogP contribution >= 0.6 is 0 Å². The molecule has 4 unspecified atom stereocenters. The summed E-state index contributed by atoms with van der Waals surface area (Å²) in [5.74, 6) is 0.346. The number of hydrogen-bond acceptors (Lipinski definition) is 4. The van der Waals surface area contributed by atoms with Gasteiger partial charge >= 0.3 is 11.9 Å². The molecule has 0 bridgehead atoms. The number of benzene rings is 3. The molecule has 0 saturated heterocycles. The zero-order valence-electron chi connectivity index (χ0n) is 27.5. The van der Waals surface area contributed by atoms with Crippen LogP contribution in [0.2, 0.25) is 0 Å². The van der Waals surface area contributed by atoms with Crippen molar-refractivity contribution >= 4 is 11.9 Å². The molecule has 0 aliphatic rings. The molecule has 0 spiro atoms. The second-order valence-electron chi connectivity index (χ2n) is 12.3. The summed E-state index contributed by atoms with van der Waals surface area (Å²) in [4.78, 5) is 26.6. The Morgan fingerprint density at radius 3 is 1.23 bits per heavy atom. The molecule has 4 heteroatoms. The Hall–Kier alpha value is -3.40. The Morgan fingerprint density at radius 1 is 0.545 bits per heavy atom. The molecule has 0 radical (unpaired) electrons. The second kappa shape index (κ2) is 19.8. The number of esters is 2. The van der Waals surface area contributed by atoms with Crippen molar-refractivity contribution in [3.8, 4) is 0 Å². The first kappa shape index (κ1) is 35.1. The van der Waals surface area contributed by atoms with Gasteiger partial charge in [-0.1, -0.05) is 140 Å². The lowest BCUT2D eigenvalue weighted by atomic mass is 9.90. The average Bonchev–Trinajstić information content (AvgIpc) is 3.05. The van der Waals surface area contributed by atoms with E-state index in [0.29, 0.717) is 35.8 Å². The van der Waals surface area contributed by atoms with Gasteiger partial charge in [-0.15, -0.1) is 0 Å². The Bertz CT molecular complexity index is 1110. The summed E-state index contributed by atoms with van der Waals surface area (Å²) in [7, 11) is 0.